The Morgan fingerprint density at radius 1 is 1.50 bits per heavy atom. The number of amidine groups is 1. The molecule has 1 heterocycles. The van der Waals surface area contributed by atoms with Gasteiger partial charge in [-0.05, 0) is 6.42 Å². The number of rotatable bonds is 4. The molecule has 0 atom stereocenters. The van der Waals surface area contributed by atoms with Gasteiger partial charge in [-0.25, -0.2) is 0 Å². The Hall–Kier alpha value is -0.530. The number of unbranched alkanes of at least 4 members (excludes halogenated alkanes) is 2. The highest BCUT2D eigenvalue weighted by molar-refractivity contribution is 5.83. The van der Waals surface area contributed by atoms with E-state index in [9.17, 15) is 0 Å². The summed E-state index contributed by atoms with van der Waals surface area (Å²) in [6, 6.07) is 0. The standard InChI is InChI=1S/C8H16N2/c1-2-3-4-5-8-9-6-7-10-8/h2-7H2,1H3,(H,9,10). The molecule has 1 aliphatic rings. The van der Waals surface area contributed by atoms with E-state index in [0.717, 1.165) is 19.5 Å². The van der Waals surface area contributed by atoms with Crippen molar-refractivity contribution in [3.05, 3.63) is 0 Å². The summed E-state index contributed by atoms with van der Waals surface area (Å²) >= 11 is 0. The van der Waals surface area contributed by atoms with Crippen molar-refractivity contribution in [1.29, 1.82) is 0 Å². The van der Waals surface area contributed by atoms with E-state index in [0.29, 0.717) is 0 Å². The Labute approximate surface area is 62.7 Å². The van der Waals surface area contributed by atoms with Crippen LogP contribution in [-0.2, 0) is 0 Å². The summed E-state index contributed by atoms with van der Waals surface area (Å²) in [5.41, 5.74) is 0. The third-order valence-corrected chi connectivity index (χ3v) is 1.76. The van der Waals surface area contributed by atoms with Crippen LogP contribution in [0, 0.1) is 0 Å². The lowest BCUT2D eigenvalue weighted by molar-refractivity contribution is 0.735. The van der Waals surface area contributed by atoms with E-state index in [1.807, 2.05) is 0 Å². The van der Waals surface area contributed by atoms with Crippen molar-refractivity contribution in [2.45, 2.75) is 32.6 Å². The fraction of sp³-hybridized carbons (Fsp3) is 0.875. The molecule has 0 unspecified atom stereocenters. The van der Waals surface area contributed by atoms with E-state index in [4.69, 9.17) is 0 Å². The van der Waals surface area contributed by atoms with Gasteiger partial charge >= 0.3 is 0 Å². The predicted molar refractivity (Wildman–Crippen MR) is 44.4 cm³/mol. The monoisotopic (exact) mass is 140 g/mol. The SMILES string of the molecule is CCCCCC1=NCCN1. The molecule has 0 saturated carbocycles. The van der Waals surface area contributed by atoms with Crippen molar-refractivity contribution in [3.8, 4) is 0 Å². The minimum atomic E-state index is 0.988. The van der Waals surface area contributed by atoms with E-state index in [-0.39, 0.29) is 0 Å². The maximum atomic E-state index is 4.31. The highest BCUT2D eigenvalue weighted by Gasteiger charge is 2.02. The van der Waals surface area contributed by atoms with Gasteiger partial charge in [0.2, 0.25) is 0 Å². The minimum absolute atomic E-state index is 0.988. The maximum Gasteiger partial charge on any atom is 0.0964 e. The second-order valence-electron chi connectivity index (χ2n) is 2.71. The van der Waals surface area contributed by atoms with E-state index >= 15 is 0 Å². The number of aliphatic imine (C=N–C) groups is 1. The summed E-state index contributed by atoms with van der Waals surface area (Å²) in [6.07, 6.45) is 5.09. The van der Waals surface area contributed by atoms with Gasteiger partial charge in [-0.1, -0.05) is 19.8 Å². The molecule has 1 N–H and O–H groups in total. The molecule has 10 heavy (non-hydrogen) atoms. The molecule has 0 aromatic carbocycles. The van der Waals surface area contributed by atoms with E-state index < -0.39 is 0 Å². The molecular weight excluding hydrogens is 124 g/mol. The van der Waals surface area contributed by atoms with Crippen molar-refractivity contribution in [2.75, 3.05) is 13.1 Å². The van der Waals surface area contributed by atoms with Crippen LogP contribution < -0.4 is 5.32 Å². The molecule has 0 radical (unpaired) electrons. The fourth-order valence-corrected chi connectivity index (χ4v) is 1.16. The first-order valence-corrected chi connectivity index (χ1v) is 4.20. The molecule has 1 rings (SSSR count). The van der Waals surface area contributed by atoms with Gasteiger partial charge in [-0.3, -0.25) is 4.99 Å². The Bertz CT molecular complexity index is 118. The summed E-state index contributed by atoms with van der Waals surface area (Å²) in [5.74, 6) is 1.23. The van der Waals surface area contributed by atoms with Crippen molar-refractivity contribution >= 4 is 5.84 Å². The van der Waals surface area contributed by atoms with Crippen LogP contribution in [0.15, 0.2) is 4.99 Å². The van der Waals surface area contributed by atoms with Crippen molar-refractivity contribution in [2.24, 2.45) is 4.99 Å². The quantitative estimate of drug-likeness (QED) is 0.589. The predicted octanol–water partition coefficient (Wildman–Crippen LogP) is 1.57. The lowest BCUT2D eigenvalue weighted by Crippen LogP contribution is -2.17. The number of hydrogen-bond donors (Lipinski definition) is 1. The number of hydrogen-bond acceptors (Lipinski definition) is 2. The van der Waals surface area contributed by atoms with Crippen LogP contribution in [0.25, 0.3) is 0 Å². The summed E-state index contributed by atoms with van der Waals surface area (Å²) in [7, 11) is 0. The molecule has 0 fully saturated rings. The van der Waals surface area contributed by atoms with Crippen molar-refractivity contribution in [1.82, 2.24) is 5.32 Å². The number of nitrogens with zero attached hydrogens (tertiary/aromatic N) is 1. The first-order valence-electron chi connectivity index (χ1n) is 4.20. The maximum absolute atomic E-state index is 4.31. The Morgan fingerprint density at radius 2 is 2.40 bits per heavy atom. The van der Waals surface area contributed by atoms with Gasteiger partial charge in [0.15, 0.2) is 0 Å². The summed E-state index contributed by atoms with van der Waals surface area (Å²) in [4.78, 5) is 4.31. The van der Waals surface area contributed by atoms with E-state index in [1.54, 1.807) is 0 Å². The topological polar surface area (TPSA) is 24.4 Å². The van der Waals surface area contributed by atoms with Crippen LogP contribution in [0.3, 0.4) is 0 Å². The summed E-state index contributed by atoms with van der Waals surface area (Å²) in [5, 5.41) is 3.27. The van der Waals surface area contributed by atoms with Crippen LogP contribution in [0.4, 0.5) is 0 Å². The molecule has 0 aliphatic carbocycles. The fourth-order valence-electron chi connectivity index (χ4n) is 1.16. The molecule has 0 aromatic rings. The third-order valence-electron chi connectivity index (χ3n) is 1.76. The molecule has 58 valence electrons. The Morgan fingerprint density at radius 3 is 3.00 bits per heavy atom. The second-order valence-corrected chi connectivity index (χ2v) is 2.71. The normalized spacial score (nSPS) is 16.7. The lowest BCUT2D eigenvalue weighted by Gasteiger charge is -1.99. The second kappa shape index (κ2) is 4.31. The van der Waals surface area contributed by atoms with Gasteiger partial charge in [0.25, 0.3) is 0 Å². The average Bonchev–Trinajstić information content (AvgIpc) is 2.41. The molecular formula is C8H16N2. The molecule has 0 aromatic heterocycles. The zero-order chi connectivity index (χ0) is 7.23. The van der Waals surface area contributed by atoms with E-state index in [1.165, 1.54) is 25.1 Å². The molecule has 2 heteroatoms. The highest BCUT2D eigenvalue weighted by Crippen LogP contribution is 2.01. The van der Waals surface area contributed by atoms with Gasteiger partial charge in [-0.15, -0.1) is 0 Å². The van der Waals surface area contributed by atoms with Crippen molar-refractivity contribution < 1.29 is 0 Å². The average molecular weight is 140 g/mol. The number of nitrogens with one attached hydrogen (secondary N) is 1. The van der Waals surface area contributed by atoms with Gasteiger partial charge in [0, 0.05) is 13.0 Å². The zero-order valence-corrected chi connectivity index (χ0v) is 6.69. The minimum Gasteiger partial charge on any atom is -0.372 e. The van der Waals surface area contributed by atoms with Crippen LogP contribution in [0.2, 0.25) is 0 Å². The van der Waals surface area contributed by atoms with Crippen LogP contribution in [0.5, 0.6) is 0 Å². The molecule has 0 amide bonds. The Kier molecular flexibility index (Phi) is 3.27. The van der Waals surface area contributed by atoms with Crippen molar-refractivity contribution in [3.63, 3.8) is 0 Å². The van der Waals surface area contributed by atoms with Gasteiger partial charge in [0.05, 0.1) is 12.4 Å². The molecule has 1 aliphatic heterocycles. The first kappa shape index (κ1) is 7.58. The Balaban J connectivity index is 2.01. The van der Waals surface area contributed by atoms with Gasteiger partial charge < -0.3 is 5.32 Å². The largest absolute Gasteiger partial charge is 0.372 e. The smallest absolute Gasteiger partial charge is 0.0964 e. The van der Waals surface area contributed by atoms with Gasteiger partial charge in [0.1, 0.15) is 0 Å². The molecule has 0 saturated heterocycles. The van der Waals surface area contributed by atoms with Crippen LogP contribution in [0.1, 0.15) is 32.6 Å². The molecule has 2 nitrogen and oxygen atoms in total. The first-order chi connectivity index (χ1) is 4.93. The molecule has 0 bridgehead atoms. The van der Waals surface area contributed by atoms with Crippen LogP contribution >= 0.6 is 0 Å². The highest BCUT2D eigenvalue weighted by atomic mass is 15.1. The molecule has 0 spiro atoms. The van der Waals surface area contributed by atoms with E-state index in [2.05, 4.69) is 17.2 Å². The third kappa shape index (κ3) is 2.38. The lowest BCUT2D eigenvalue weighted by atomic mass is 10.2. The van der Waals surface area contributed by atoms with Crippen LogP contribution in [-0.4, -0.2) is 18.9 Å². The summed E-state index contributed by atoms with van der Waals surface area (Å²) in [6.45, 7) is 4.27. The summed E-state index contributed by atoms with van der Waals surface area (Å²) < 4.78 is 0. The zero-order valence-electron chi connectivity index (χ0n) is 6.69. The van der Waals surface area contributed by atoms with Gasteiger partial charge in [-0.2, -0.15) is 0 Å².